The highest BCUT2D eigenvalue weighted by molar-refractivity contribution is 5.96. The molecule has 0 amide bonds. The summed E-state index contributed by atoms with van der Waals surface area (Å²) in [7, 11) is 0. The summed E-state index contributed by atoms with van der Waals surface area (Å²) in [5, 5.41) is 0. The van der Waals surface area contributed by atoms with E-state index in [1.165, 1.54) is 12.1 Å². The lowest BCUT2D eigenvalue weighted by molar-refractivity contribution is -0.113. The Bertz CT molecular complexity index is 354. The molecule has 13 heavy (non-hydrogen) atoms. The number of carbonyl (C=O) groups is 1. The molecule has 0 spiro atoms. The standard InChI is InChI=1S/C11H9FO/c1-2-3-11(13)8-9-4-6-10(12)7-5-9/h4-7H,8H2,1H3. The van der Waals surface area contributed by atoms with Gasteiger partial charge in [0.05, 0.1) is 0 Å². The van der Waals surface area contributed by atoms with Crippen molar-refractivity contribution in [1.82, 2.24) is 0 Å². The third-order valence-electron chi connectivity index (χ3n) is 1.54. The molecular formula is C11H9FO. The SMILES string of the molecule is CC#CC(=O)Cc1ccc(F)cc1. The van der Waals surface area contributed by atoms with Gasteiger partial charge in [-0.2, -0.15) is 0 Å². The molecule has 0 bridgehead atoms. The van der Waals surface area contributed by atoms with Gasteiger partial charge in [-0.25, -0.2) is 4.39 Å². The lowest BCUT2D eigenvalue weighted by Gasteiger charge is -1.95. The van der Waals surface area contributed by atoms with E-state index >= 15 is 0 Å². The van der Waals surface area contributed by atoms with Crippen LogP contribution in [0.1, 0.15) is 12.5 Å². The average Bonchev–Trinajstić information content (AvgIpc) is 2.09. The smallest absolute Gasteiger partial charge is 0.209 e. The highest BCUT2D eigenvalue weighted by Crippen LogP contribution is 2.03. The number of halogens is 1. The van der Waals surface area contributed by atoms with Crippen molar-refractivity contribution < 1.29 is 9.18 Å². The molecule has 0 atom stereocenters. The van der Waals surface area contributed by atoms with E-state index in [0.717, 1.165) is 5.56 Å². The van der Waals surface area contributed by atoms with Gasteiger partial charge in [-0.15, -0.1) is 0 Å². The minimum Gasteiger partial charge on any atom is -0.285 e. The van der Waals surface area contributed by atoms with Gasteiger partial charge in [-0.05, 0) is 30.5 Å². The fourth-order valence-electron chi connectivity index (χ4n) is 0.971. The first-order valence-electron chi connectivity index (χ1n) is 3.92. The van der Waals surface area contributed by atoms with Crippen LogP contribution in [0.15, 0.2) is 24.3 Å². The molecule has 0 heterocycles. The van der Waals surface area contributed by atoms with Gasteiger partial charge < -0.3 is 0 Å². The van der Waals surface area contributed by atoms with Crippen molar-refractivity contribution in [3.05, 3.63) is 35.6 Å². The van der Waals surface area contributed by atoms with Crippen molar-refractivity contribution in [3.8, 4) is 11.8 Å². The van der Waals surface area contributed by atoms with E-state index in [9.17, 15) is 9.18 Å². The highest BCUT2D eigenvalue weighted by atomic mass is 19.1. The summed E-state index contributed by atoms with van der Waals surface area (Å²) in [6, 6.07) is 5.85. The van der Waals surface area contributed by atoms with Crippen molar-refractivity contribution in [3.63, 3.8) is 0 Å². The van der Waals surface area contributed by atoms with Gasteiger partial charge >= 0.3 is 0 Å². The molecule has 0 saturated heterocycles. The molecule has 1 aromatic rings. The van der Waals surface area contributed by atoms with Crippen molar-refractivity contribution in [2.45, 2.75) is 13.3 Å². The van der Waals surface area contributed by atoms with Crippen LogP contribution in [0.2, 0.25) is 0 Å². The Hall–Kier alpha value is -1.62. The number of ketones is 1. The Morgan fingerprint density at radius 1 is 1.38 bits per heavy atom. The maximum atomic E-state index is 12.5. The van der Waals surface area contributed by atoms with Crippen LogP contribution >= 0.6 is 0 Å². The summed E-state index contributed by atoms with van der Waals surface area (Å²) in [6.45, 7) is 1.61. The predicted octanol–water partition coefficient (Wildman–Crippen LogP) is 1.96. The lowest BCUT2D eigenvalue weighted by atomic mass is 10.1. The molecule has 2 heteroatoms. The summed E-state index contributed by atoms with van der Waals surface area (Å²) >= 11 is 0. The van der Waals surface area contributed by atoms with E-state index in [0.29, 0.717) is 0 Å². The first-order valence-corrected chi connectivity index (χ1v) is 3.92. The second-order valence-corrected chi connectivity index (χ2v) is 2.60. The van der Waals surface area contributed by atoms with Crippen LogP contribution in [0, 0.1) is 17.7 Å². The van der Waals surface area contributed by atoms with Gasteiger partial charge in [0, 0.05) is 6.42 Å². The zero-order valence-electron chi connectivity index (χ0n) is 7.30. The van der Waals surface area contributed by atoms with E-state index < -0.39 is 0 Å². The number of hydrogen-bond acceptors (Lipinski definition) is 1. The molecule has 66 valence electrons. The van der Waals surface area contributed by atoms with Crippen molar-refractivity contribution in [2.24, 2.45) is 0 Å². The quantitative estimate of drug-likeness (QED) is 0.497. The highest BCUT2D eigenvalue weighted by Gasteiger charge is 1.99. The van der Waals surface area contributed by atoms with E-state index in [1.807, 2.05) is 0 Å². The molecule has 0 aliphatic rings. The van der Waals surface area contributed by atoms with Crippen LogP contribution in [-0.4, -0.2) is 5.78 Å². The normalized spacial score (nSPS) is 8.77. The third-order valence-corrected chi connectivity index (χ3v) is 1.54. The second kappa shape index (κ2) is 4.42. The molecule has 0 aliphatic heterocycles. The fraction of sp³-hybridized carbons (Fsp3) is 0.182. The van der Waals surface area contributed by atoms with Crippen LogP contribution in [0.25, 0.3) is 0 Å². The minimum absolute atomic E-state index is 0.144. The molecule has 0 aliphatic carbocycles. The summed E-state index contributed by atoms with van der Waals surface area (Å²) in [5.41, 5.74) is 0.786. The Kier molecular flexibility index (Phi) is 3.22. The van der Waals surface area contributed by atoms with Crippen LogP contribution in [0.5, 0.6) is 0 Å². The maximum absolute atomic E-state index is 12.5. The number of benzene rings is 1. The van der Waals surface area contributed by atoms with E-state index in [2.05, 4.69) is 11.8 Å². The zero-order chi connectivity index (χ0) is 9.68. The number of carbonyl (C=O) groups excluding carboxylic acids is 1. The molecule has 1 nitrogen and oxygen atoms in total. The van der Waals surface area contributed by atoms with Gasteiger partial charge in [0.1, 0.15) is 5.82 Å². The lowest BCUT2D eigenvalue weighted by Crippen LogP contribution is -1.98. The Morgan fingerprint density at radius 2 is 2.00 bits per heavy atom. The van der Waals surface area contributed by atoms with E-state index in [-0.39, 0.29) is 18.0 Å². The van der Waals surface area contributed by atoms with E-state index in [4.69, 9.17) is 0 Å². The maximum Gasteiger partial charge on any atom is 0.209 e. The second-order valence-electron chi connectivity index (χ2n) is 2.60. The molecule has 1 aromatic carbocycles. The molecule has 0 saturated carbocycles. The van der Waals surface area contributed by atoms with Crippen molar-refractivity contribution in [1.29, 1.82) is 0 Å². The van der Waals surface area contributed by atoms with Crippen LogP contribution < -0.4 is 0 Å². The fourth-order valence-corrected chi connectivity index (χ4v) is 0.971. The molecule has 1 rings (SSSR count). The van der Waals surface area contributed by atoms with Crippen LogP contribution in [0.3, 0.4) is 0 Å². The zero-order valence-corrected chi connectivity index (χ0v) is 7.30. The number of Topliss-reactive ketones (excluding diaryl/α,β-unsaturated/α-hetero) is 1. The first kappa shape index (κ1) is 9.47. The van der Waals surface area contributed by atoms with E-state index in [1.54, 1.807) is 19.1 Å². The third kappa shape index (κ3) is 3.08. The Morgan fingerprint density at radius 3 is 2.54 bits per heavy atom. The van der Waals surface area contributed by atoms with Crippen LogP contribution in [-0.2, 0) is 11.2 Å². The van der Waals surface area contributed by atoms with Gasteiger partial charge in [0.25, 0.3) is 0 Å². The van der Waals surface area contributed by atoms with Gasteiger partial charge in [-0.1, -0.05) is 18.1 Å². The van der Waals surface area contributed by atoms with Crippen LogP contribution in [0.4, 0.5) is 4.39 Å². The average molecular weight is 176 g/mol. The summed E-state index contributed by atoms with van der Waals surface area (Å²) in [4.78, 5) is 11.0. The van der Waals surface area contributed by atoms with Gasteiger partial charge in [-0.3, -0.25) is 4.79 Å². The summed E-state index contributed by atoms with van der Waals surface area (Å²) < 4.78 is 12.5. The predicted molar refractivity (Wildman–Crippen MR) is 48.6 cm³/mol. The number of rotatable bonds is 2. The topological polar surface area (TPSA) is 17.1 Å². The molecule has 0 radical (unpaired) electrons. The minimum atomic E-state index is -0.294. The molecular weight excluding hydrogens is 167 g/mol. The Labute approximate surface area is 76.6 Å². The summed E-state index contributed by atoms with van der Waals surface area (Å²) in [6.07, 6.45) is 0.251. The van der Waals surface area contributed by atoms with Crippen molar-refractivity contribution in [2.75, 3.05) is 0 Å². The largest absolute Gasteiger partial charge is 0.285 e. The summed E-state index contributed by atoms with van der Waals surface area (Å²) in [5.74, 6) is 4.51. The van der Waals surface area contributed by atoms with Gasteiger partial charge in [0.2, 0.25) is 5.78 Å². The monoisotopic (exact) mass is 176 g/mol. The number of hydrogen-bond donors (Lipinski definition) is 0. The Balaban J connectivity index is 2.68. The van der Waals surface area contributed by atoms with Crippen molar-refractivity contribution >= 4 is 5.78 Å². The molecule has 0 fully saturated rings. The molecule has 0 N–H and O–H groups in total. The first-order chi connectivity index (χ1) is 6.22. The molecule has 0 aromatic heterocycles. The molecule has 0 unspecified atom stereocenters. The van der Waals surface area contributed by atoms with Gasteiger partial charge in [0.15, 0.2) is 0 Å².